The number of amides is 2. The first kappa shape index (κ1) is 37.4. The van der Waals surface area contributed by atoms with Gasteiger partial charge in [0, 0.05) is 0 Å². The number of hydrogen-bond donors (Lipinski definition) is 2. The molecule has 6 aromatic rings. The molecule has 58 heavy (non-hydrogen) atoms. The Hall–Kier alpha value is -6.14. The van der Waals surface area contributed by atoms with Crippen molar-refractivity contribution in [1.82, 2.24) is 10.6 Å². The van der Waals surface area contributed by atoms with Gasteiger partial charge in [-0.25, -0.2) is 0 Å². The van der Waals surface area contributed by atoms with Crippen molar-refractivity contribution in [2.24, 2.45) is 11.8 Å². The molecule has 4 aliphatic rings. The Labute approximate surface area is 341 Å². The first-order valence-corrected chi connectivity index (χ1v) is 20.6. The summed E-state index contributed by atoms with van der Waals surface area (Å²) in [6.07, 6.45) is 6.55. The second-order valence-electron chi connectivity index (χ2n) is 16.8. The van der Waals surface area contributed by atoms with Crippen LogP contribution in [0.2, 0.25) is 0 Å². The molecule has 6 heteroatoms. The standard InChI is InChI=1S/C52H50N2O4/c1-57-45-25-23-41(28-43(45)49(55)53-47(37-15-7-3-8-16-37)38-17-9-4-10-18-38)51-30-35-27-36(31-51)33-52(32-35,34-51)42-24-26-46(58-2)44(29-42)50(56)54-48(39-19-11-5-12-20-39)40-21-13-6-14-22-40/h3-26,28-29,35-36,47-48H,27,30-34H2,1-2H3,(H,53,55)(H,54,56). The lowest BCUT2D eigenvalue weighted by molar-refractivity contribution is -0.0281. The fraction of sp³-hybridized carbons (Fsp3) is 0.269. The van der Waals surface area contributed by atoms with Crippen LogP contribution in [-0.2, 0) is 10.8 Å². The van der Waals surface area contributed by atoms with Crippen molar-refractivity contribution in [3.8, 4) is 11.5 Å². The molecule has 0 spiro atoms. The second-order valence-corrected chi connectivity index (χ2v) is 16.8. The summed E-state index contributed by atoms with van der Waals surface area (Å²) in [5.74, 6) is 1.92. The highest BCUT2D eigenvalue weighted by Gasteiger charge is 2.59. The Morgan fingerprint density at radius 1 is 0.500 bits per heavy atom. The average molecular weight is 767 g/mol. The minimum absolute atomic E-state index is 0.0995. The third-order valence-corrected chi connectivity index (χ3v) is 13.3. The lowest BCUT2D eigenvalue weighted by Crippen LogP contribution is -2.56. The van der Waals surface area contributed by atoms with Crippen molar-refractivity contribution < 1.29 is 19.1 Å². The molecular formula is C52H50N2O4. The van der Waals surface area contributed by atoms with Gasteiger partial charge in [-0.2, -0.15) is 0 Å². The van der Waals surface area contributed by atoms with Gasteiger partial charge in [0.1, 0.15) is 11.5 Å². The molecule has 0 radical (unpaired) electrons. The van der Waals surface area contributed by atoms with Crippen LogP contribution in [0.3, 0.4) is 0 Å². The molecule has 0 unspecified atom stereocenters. The lowest BCUT2D eigenvalue weighted by Gasteiger charge is -2.63. The zero-order valence-corrected chi connectivity index (χ0v) is 33.2. The zero-order valence-electron chi connectivity index (χ0n) is 33.2. The molecule has 2 amide bonds. The molecule has 4 fully saturated rings. The normalized spacial score (nSPS) is 21.8. The van der Waals surface area contributed by atoms with Crippen LogP contribution < -0.4 is 20.1 Å². The molecule has 0 aliphatic heterocycles. The summed E-state index contributed by atoms with van der Waals surface area (Å²) in [6.45, 7) is 0. The topological polar surface area (TPSA) is 76.7 Å². The maximum absolute atomic E-state index is 14.4. The summed E-state index contributed by atoms with van der Waals surface area (Å²) in [5.41, 5.74) is 7.38. The fourth-order valence-corrected chi connectivity index (χ4v) is 11.1. The predicted octanol–water partition coefficient (Wildman–Crippen LogP) is 10.5. The van der Waals surface area contributed by atoms with Gasteiger partial charge in [0.15, 0.2) is 0 Å². The Kier molecular flexibility index (Phi) is 10.1. The van der Waals surface area contributed by atoms with Gasteiger partial charge in [0.2, 0.25) is 0 Å². The highest BCUT2D eigenvalue weighted by Crippen LogP contribution is 2.66. The average Bonchev–Trinajstić information content (AvgIpc) is 3.27. The summed E-state index contributed by atoms with van der Waals surface area (Å²) in [4.78, 5) is 28.8. The predicted molar refractivity (Wildman–Crippen MR) is 228 cm³/mol. The number of rotatable bonds is 12. The van der Waals surface area contributed by atoms with Crippen LogP contribution in [-0.4, -0.2) is 26.0 Å². The summed E-state index contributed by atoms with van der Waals surface area (Å²) < 4.78 is 11.7. The Bertz CT molecular complexity index is 2140. The van der Waals surface area contributed by atoms with E-state index in [2.05, 4.69) is 83.4 Å². The van der Waals surface area contributed by atoms with E-state index in [9.17, 15) is 9.59 Å². The molecular weight excluding hydrogens is 717 g/mol. The number of methoxy groups -OCH3 is 2. The summed E-state index contributed by atoms with van der Waals surface area (Å²) in [6, 6.07) is 52.4. The van der Waals surface area contributed by atoms with Gasteiger partial charge in [-0.3, -0.25) is 9.59 Å². The summed E-state index contributed by atoms with van der Waals surface area (Å²) in [5, 5.41) is 6.74. The van der Waals surface area contributed by atoms with Crippen molar-refractivity contribution in [2.45, 2.75) is 61.4 Å². The van der Waals surface area contributed by atoms with E-state index < -0.39 is 0 Å². The highest BCUT2D eigenvalue weighted by molar-refractivity contribution is 5.98. The van der Waals surface area contributed by atoms with Gasteiger partial charge in [-0.15, -0.1) is 0 Å². The molecule has 4 aliphatic carbocycles. The Morgan fingerprint density at radius 3 is 1.14 bits per heavy atom. The Morgan fingerprint density at radius 2 is 0.828 bits per heavy atom. The Balaban J connectivity index is 1.04. The molecule has 2 N–H and O–H groups in total. The summed E-state index contributed by atoms with van der Waals surface area (Å²) >= 11 is 0. The van der Waals surface area contributed by atoms with Crippen molar-refractivity contribution >= 4 is 11.8 Å². The van der Waals surface area contributed by atoms with E-state index >= 15 is 0 Å². The van der Waals surface area contributed by atoms with Crippen molar-refractivity contribution in [2.75, 3.05) is 14.2 Å². The molecule has 292 valence electrons. The molecule has 4 saturated carbocycles. The van der Waals surface area contributed by atoms with Crippen molar-refractivity contribution in [1.29, 1.82) is 0 Å². The maximum Gasteiger partial charge on any atom is 0.255 e. The van der Waals surface area contributed by atoms with Gasteiger partial charge in [0.25, 0.3) is 11.8 Å². The molecule has 0 atom stereocenters. The van der Waals surface area contributed by atoms with Gasteiger partial charge < -0.3 is 20.1 Å². The van der Waals surface area contributed by atoms with Crippen LogP contribution in [0.4, 0.5) is 0 Å². The van der Waals surface area contributed by atoms with Gasteiger partial charge in [-0.1, -0.05) is 133 Å². The van der Waals surface area contributed by atoms with Crippen LogP contribution in [0.1, 0.15) is 105 Å². The molecule has 6 nitrogen and oxygen atoms in total. The van der Waals surface area contributed by atoms with E-state index in [1.165, 1.54) is 17.5 Å². The number of benzene rings is 6. The first-order chi connectivity index (χ1) is 28.4. The van der Waals surface area contributed by atoms with E-state index in [4.69, 9.17) is 9.47 Å². The molecule has 6 aromatic carbocycles. The number of carbonyl (C=O) groups excluding carboxylic acids is 2. The second kappa shape index (κ2) is 15.7. The van der Waals surface area contributed by atoms with Crippen LogP contribution in [0.25, 0.3) is 0 Å². The van der Waals surface area contributed by atoms with E-state index in [1.54, 1.807) is 14.2 Å². The minimum atomic E-state index is -0.316. The molecule has 4 bridgehead atoms. The monoisotopic (exact) mass is 766 g/mol. The number of hydrogen-bond acceptors (Lipinski definition) is 4. The summed E-state index contributed by atoms with van der Waals surface area (Å²) in [7, 11) is 3.27. The van der Waals surface area contributed by atoms with E-state index in [0.717, 1.165) is 54.4 Å². The molecule has 10 rings (SSSR count). The number of carbonyl (C=O) groups is 2. The third kappa shape index (κ3) is 7.06. The van der Waals surface area contributed by atoms with Gasteiger partial charge in [0.05, 0.1) is 37.4 Å². The lowest BCUT2D eigenvalue weighted by atomic mass is 9.41. The van der Waals surface area contributed by atoms with E-state index in [1.807, 2.05) is 84.9 Å². The first-order valence-electron chi connectivity index (χ1n) is 20.6. The van der Waals surface area contributed by atoms with Crippen LogP contribution in [0.5, 0.6) is 11.5 Å². The van der Waals surface area contributed by atoms with Gasteiger partial charge >= 0.3 is 0 Å². The van der Waals surface area contributed by atoms with Crippen molar-refractivity contribution in [3.63, 3.8) is 0 Å². The SMILES string of the molecule is COc1ccc(C23CC4CC(C2)CC(c2ccc(OC)c(C(=O)NC(c5ccccc5)c5ccccc5)c2)(C4)C3)cc1C(=O)NC(c1ccccc1)c1ccccc1. The van der Waals surface area contributed by atoms with Crippen LogP contribution in [0.15, 0.2) is 158 Å². The maximum atomic E-state index is 14.4. The zero-order chi connectivity index (χ0) is 39.7. The largest absolute Gasteiger partial charge is 0.496 e. The highest BCUT2D eigenvalue weighted by atomic mass is 16.5. The van der Waals surface area contributed by atoms with Crippen molar-refractivity contribution in [3.05, 3.63) is 202 Å². The number of nitrogens with one attached hydrogen (secondary N) is 2. The smallest absolute Gasteiger partial charge is 0.255 e. The third-order valence-electron chi connectivity index (χ3n) is 13.3. The molecule has 0 saturated heterocycles. The molecule has 0 aromatic heterocycles. The number of ether oxygens (including phenoxy) is 2. The van der Waals surface area contributed by atoms with Crippen LogP contribution in [0, 0.1) is 11.8 Å². The van der Waals surface area contributed by atoms with Crippen LogP contribution >= 0.6 is 0 Å². The fourth-order valence-electron chi connectivity index (χ4n) is 11.1. The van der Waals surface area contributed by atoms with E-state index in [0.29, 0.717) is 34.5 Å². The molecule has 0 heterocycles. The minimum Gasteiger partial charge on any atom is -0.496 e. The van der Waals surface area contributed by atoms with Gasteiger partial charge in [-0.05, 0) is 119 Å². The van der Waals surface area contributed by atoms with E-state index in [-0.39, 0.29) is 34.7 Å². The quantitative estimate of drug-likeness (QED) is 0.130.